The molecule has 0 aliphatic carbocycles. The molecule has 1 aliphatic heterocycles. The zero-order chi connectivity index (χ0) is 21.2. The first kappa shape index (κ1) is 22.4. The SMILES string of the molecule is CCCCOc1ccc(C(=O)NCCCN2CCN(c3ccc(Cl)cc3)CC2)cc1. The molecule has 0 radical (unpaired) electrons. The van der Waals surface area contributed by atoms with Crippen LogP contribution in [0, 0.1) is 0 Å². The molecule has 1 amide bonds. The van der Waals surface area contributed by atoms with Crippen molar-refractivity contribution in [3.8, 4) is 5.75 Å². The fraction of sp³-hybridized carbons (Fsp3) is 0.458. The number of unbranched alkanes of at least 4 members (excludes halogenated alkanes) is 1. The fourth-order valence-corrected chi connectivity index (χ4v) is 3.65. The molecule has 5 nitrogen and oxygen atoms in total. The number of amides is 1. The maximum Gasteiger partial charge on any atom is 0.251 e. The molecule has 2 aromatic rings. The molecular weight excluding hydrogens is 398 g/mol. The van der Waals surface area contributed by atoms with E-state index < -0.39 is 0 Å². The van der Waals surface area contributed by atoms with Crippen molar-refractivity contribution in [2.45, 2.75) is 26.2 Å². The average molecular weight is 430 g/mol. The Morgan fingerprint density at radius 2 is 1.70 bits per heavy atom. The van der Waals surface area contributed by atoms with Crippen molar-refractivity contribution in [2.24, 2.45) is 0 Å². The Bertz CT molecular complexity index is 772. The molecule has 0 aromatic heterocycles. The molecular formula is C24H32ClN3O2. The summed E-state index contributed by atoms with van der Waals surface area (Å²) in [6, 6.07) is 15.4. The Balaban J connectivity index is 1.31. The number of hydrogen-bond acceptors (Lipinski definition) is 4. The van der Waals surface area contributed by atoms with Crippen molar-refractivity contribution in [2.75, 3.05) is 50.8 Å². The number of rotatable bonds is 10. The smallest absolute Gasteiger partial charge is 0.251 e. The maximum absolute atomic E-state index is 12.3. The normalized spacial score (nSPS) is 14.5. The minimum atomic E-state index is -0.0253. The van der Waals surface area contributed by atoms with Crippen LogP contribution in [0.15, 0.2) is 48.5 Å². The highest BCUT2D eigenvalue weighted by Gasteiger charge is 2.16. The van der Waals surface area contributed by atoms with E-state index in [9.17, 15) is 4.79 Å². The Kier molecular flexibility index (Phi) is 8.84. The van der Waals surface area contributed by atoms with Crippen LogP contribution in [0.4, 0.5) is 5.69 Å². The van der Waals surface area contributed by atoms with Gasteiger partial charge in [0.1, 0.15) is 5.75 Å². The quantitative estimate of drug-likeness (QED) is 0.566. The number of ether oxygens (including phenoxy) is 1. The molecule has 2 aromatic carbocycles. The van der Waals surface area contributed by atoms with Crippen LogP contribution in [-0.4, -0.2) is 56.7 Å². The number of nitrogens with zero attached hydrogens (tertiary/aromatic N) is 2. The summed E-state index contributed by atoms with van der Waals surface area (Å²) in [4.78, 5) is 17.2. The lowest BCUT2D eigenvalue weighted by atomic mass is 10.2. The number of piperazine rings is 1. The van der Waals surface area contributed by atoms with Gasteiger partial charge in [0.05, 0.1) is 6.61 Å². The van der Waals surface area contributed by atoms with Crippen molar-refractivity contribution in [1.29, 1.82) is 0 Å². The Labute approximate surface area is 185 Å². The van der Waals surface area contributed by atoms with Crippen LogP contribution in [0.3, 0.4) is 0 Å². The molecule has 3 rings (SSSR count). The van der Waals surface area contributed by atoms with Crippen molar-refractivity contribution >= 4 is 23.2 Å². The summed E-state index contributed by atoms with van der Waals surface area (Å²) in [6.07, 6.45) is 3.10. The van der Waals surface area contributed by atoms with Gasteiger partial charge in [0, 0.05) is 49.0 Å². The third-order valence-electron chi connectivity index (χ3n) is 5.38. The van der Waals surface area contributed by atoms with Gasteiger partial charge < -0.3 is 15.0 Å². The van der Waals surface area contributed by atoms with Crippen molar-refractivity contribution in [3.63, 3.8) is 0 Å². The van der Waals surface area contributed by atoms with E-state index in [1.54, 1.807) is 0 Å². The molecule has 1 saturated heterocycles. The van der Waals surface area contributed by atoms with Gasteiger partial charge in [-0.05, 0) is 67.9 Å². The first-order chi connectivity index (χ1) is 14.7. The molecule has 0 spiro atoms. The number of anilines is 1. The van der Waals surface area contributed by atoms with Gasteiger partial charge >= 0.3 is 0 Å². The molecule has 1 aliphatic rings. The molecule has 0 unspecified atom stereocenters. The molecule has 1 fully saturated rings. The van der Waals surface area contributed by atoms with Crippen molar-refractivity contribution in [1.82, 2.24) is 10.2 Å². The van der Waals surface area contributed by atoms with Gasteiger partial charge in [-0.3, -0.25) is 9.69 Å². The lowest BCUT2D eigenvalue weighted by molar-refractivity contribution is 0.0951. The predicted molar refractivity (Wildman–Crippen MR) is 124 cm³/mol. The lowest BCUT2D eigenvalue weighted by Gasteiger charge is -2.36. The standard InChI is InChI=1S/C24H32ClN3O2/c1-2-3-19-30-23-11-5-20(6-12-23)24(29)26-13-4-14-27-15-17-28(18-16-27)22-9-7-21(25)8-10-22/h5-12H,2-4,13-19H2,1H3,(H,26,29). The molecule has 30 heavy (non-hydrogen) atoms. The van der Waals surface area contributed by atoms with E-state index >= 15 is 0 Å². The van der Waals surface area contributed by atoms with Gasteiger partial charge in [0.2, 0.25) is 0 Å². The van der Waals surface area contributed by atoms with E-state index in [4.69, 9.17) is 16.3 Å². The number of benzene rings is 2. The van der Waals surface area contributed by atoms with E-state index in [0.717, 1.165) is 69.4 Å². The summed E-state index contributed by atoms with van der Waals surface area (Å²) in [5, 5.41) is 3.79. The number of hydrogen-bond donors (Lipinski definition) is 1. The minimum Gasteiger partial charge on any atom is -0.494 e. The molecule has 1 N–H and O–H groups in total. The van der Waals surface area contributed by atoms with E-state index in [1.807, 2.05) is 36.4 Å². The van der Waals surface area contributed by atoms with Crippen LogP contribution in [0.2, 0.25) is 5.02 Å². The van der Waals surface area contributed by atoms with Crippen LogP contribution >= 0.6 is 11.6 Å². The van der Waals surface area contributed by atoms with E-state index in [0.29, 0.717) is 12.1 Å². The number of carbonyl (C=O) groups excluding carboxylic acids is 1. The number of halogens is 1. The summed E-state index contributed by atoms with van der Waals surface area (Å²) in [6.45, 7) is 8.64. The first-order valence-electron chi connectivity index (χ1n) is 10.9. The second-order valence-corrected chi connectivity index (χ2v) is 8.08. The zero-order valence-electron chi connectivity index (χ0n) is 17.8. The highest BCUT2D eigenvalue weighted by molar-refractivity contribution is 6.30. The van der Waals surface area contributed by atoms with Crippen LogP contribution in [-0.2, 0) is 0 Å². The highest BCUT2D eigenvalue weighted by atomic mass is 35.5. The third kappa shape index (κ3) is 6.92. The second-order valence-electron chi connectivity index (χ2n) is 7.64. The number of nitrogens with one attached hydrogen (secondary N) is 1. The first-order valence-corrected chi connectivity index (χ1v) is 11.3. The summed E-state index contributed by atoms with van der Waals surface area (Å²) in [5.41, 5.74) is 1.91. The number of carbonyl (C=O) groups is 1. The summed E-state index contributed by atoms with van der Waals surface area (Å²) >= 11 is 5.97. The van der Waals surface area contributed by atoms with E-state index in [2.05, 4.69) is 34.2 Å². The van der Waals surface area contributed by atoms with Crippen molar-refractivity contribution < 1.29 is 9.53 Å². The van der Waals surface area contributed by atoms with Gasteiger partial charge in [0.25, 0.3) is 5.91 Å². The van der Waals surface area contributed by atoms with E-state index in [1.165, 1.54) is 5.69 Å². The highest BCUT2D eigenvalue weighted by Crippen LogP contribution is 2.19. The van der Waals surface area contributed by atoms with Gasteiger partial charge in [0.15, 0.2) is 0 Å². The molecule has 0 bridgehead atoms. The van der Waals surface area contributed by atoms with Gasteiger partial charge in [-0.15, -0.1) is 0 Å². The Morgan fingerprint density at radius 3 is 2.37 bits per heavy atom. The summed E-state index contributed by atoms with van der Waals surface area (Å²) in [5.74, 6) is 0.792. The molecule has 162 valence electrons. The van der Waals surface area contributed by atoms with Crippen LogP contribution in [0.1, 0.15) is 36.5 Å². The minimum absolute atomic E-state index is 0.0253. The second kappa shape index (κ2) is 11.8. The predicted octanol–water partition coefficient (Wildman–Crippen LogP) is 4.46. The Morgan fingerprint density at radius 1 is 1.00 bits per heavy atom. The van der Waals surface area contributed by atoms with Gasteiger partial charge in [-0.2, -0.15) is 0 Å². The average Bonchev–Trinajstić information content (AvgIpc) is 2.78. The van der Waals surface area contributed by atoms with E-state index in [-0.39, 0.29) is 5.91 Å². The zero-order valence-corrected chi connectivity index (χ0v) is 18.5. The molecule has 6 heteroatoms. The van der Waals surface area contributed by atoms with Crippen LogP contribution in [0.25, 0.3) is 0 Å². The summed E-state index contributed by atoms with van der Waals surface area (Å²) < 4.78 is 5.64. The van der Waals surface area contributed by atoms with Gasteiger partial charge in [-0.25, -0.2) is 0 Å². The van der Waals surface area contributed by atoms with Crippen molar-refractivity contribution in [3.05, 3.63) is 59.1 Å². The Hall–Kier alpha value is -2.24. The van der Waals surface area contributed by atoms with Crippen LogP contribution in [0.5, 0.6) is 5.75 Å². The molecule has 0 atom stereocenters. The lowest BCUT2D eigenvalue weighted by Crippen LogP contribution is -2.47. The maximum atomic E-state index is 12.3. The van der Waals surface area contributed by atoms with Crippen LogP contribution < -0.4 is 15.0 Å². The largest absolute Gasteiger partial charge is 0.494 e. The fourth-order valence-electron chi connectivity index (χ4n) is 3.53. The monoisotopic (exact) mass is 429 g/mol. The van der Waals surface area contributed by atoms with Gasteiger partial charge in [-0.1, -0.05) is 24.9 Å². The molecule has 0 saturated carbocycles. The molecule has 1 heterocycles. The summed E-state index contributed by atoms with van der Waals surface area (Å²) in [7, 11) is 0. The topological polar surface area (TPSA) is 44.8 Å². The third-order valence-corrected chi connectivity index (χ3v) is 5.64.